The maximum atomic E-state index is 13.3. The first-order valence-electron chi connectivity index (χ1n) is 10.8. The zero-order valence-electron chi connectivity index (χ0n) is 18.4. The number of primary amides is 1. The van der Waals surface area contributed by atoms with Crippen molar-refractivity contribution < 1.29 is 9.59 Å². The molecule has 3 aromatic rings. The summed E-state index contributed by atoms with van der Waals surface area (Å²) in [6, 6.07) is 11.8. The third-order valence-electron chi connectivity index (χ3n) is 5.83. The van der Waals surface area contributed by atoms with E-state index in [1.54, 1.807) is 15.5 Å². The molecule has 1 aliphatic rings. The monoisotopic (exact) mass is 482 g/mol. The van der Waals surface area contributed by atoms with Gasteiger partial charge in [0.05, 0.1) is 10.6 Å². The minimum atomic E-state index is -0.427. The number of hydrogen-bond donors (Lipinski definition) is 1. The van der Waals surface area contributed by atoms with Gasteiger partial charge in [-0.25, -0.2) is 4.98 Å². The van der Waals surface area contributed by atoms with Crippen LogP contribution in [0.3, 0.4) is 0 Å². The summed E-state index contributed by atoms with van der Waals surface area (Å²) in [4.78, 5) is 45.9. The summed E-state index contributed by atoms with van der Waals surface area (Å²) in [5, 5.41) is 0.642. The molecular formula is C24H26N4O3S2. The van der Waals surface area contributed by atoms with E-state index in [2.05, 4.69) is 6.58 Å². The summed E-state index contributed by atoms with van der Waals surface area (Å²) in [7, 11) is 0. The van der Waals surface area contributed by atoms with Crippen molar-refractivity contribution in [1.29, 1.82) is 0 Å². The highest BCUT2D eigenvalue weighted by molar-refractivity contribution is 8.00. The maximum absolute atomic E-state index is 13.3. The van der Waals surface area contributed by atoms with Gasteiger partial charge in [-0.05, 0) is 31.4 Å². The van der Waals surface area contributed by atoms with Gasteiger partial charge in [0.2, 0.25) is 11.8 Å². The lowest BCUT2D eigenvalue weighted by Gasteiger charge is -2.32. The average molecular weight is 483 g/mol. The molecule has 1 fully saturated rings. The van der Waals surface area contributed by atoms with Crippen LogP contribution < -0.4 is 11.3 Å². The quantitative estimate of drug-likeness (QED) is 0.316. The molecule has 0 aliphatic carbocycles. The van der Waals surface area contributed by atoms with Crippen molar-refractivity contribution in [2.24, 2.45) is 11.7 Å². The van der Waals surface area contributed by atoms with Crippen LogP contribution in [0, 0.1) is 5.92 Å². The van der Waals surface area contributed by atoms with Crippen molar-refractivity contribution in [3.05, 3.63) is 59.4 Å². The lowest BCUT2D eigenvalue weighted by atomic mass is 9.96. The van der Waals surface area contributed by atoms with Crippen LogP contribution in [-0.2, 0) is 16.1 Å². The van der Waals surface area contributed by atoms with E-state index in [1.165, 1.54) is 23.1 Å². The highest BCUT2D eigenvalue weighted by Gasteiger charge is 2.29. The molecule has 2 amide bonds. The highest BCUT2D eigenvalue weighted by Crippen LogP contribution is 2.33. The van der Waals surface area contributed by atoms with Gasteiger partial charge in [0, 0.05) is 30.4 Å². The van der Waals surface area contributed by atoms with Crippen molar-refractivity contribution in [3.63, 3.8) is 0 Å². The number of likely N-dealkylation sites (tertiary alicyclic amines) is 1. The standard InChI is InChI=1S/C24H26N4O3S2/c1-3-11-28-23(31)18-14-19(16-7-5-4-6-8-16)33-21(18)26-24(28)32-15(2)22(30)27-12-9-17(10-13-27)20(25)29/h3-8,14-15,17H,1,9-13H2,2H3,(H2,25,29). The first-order chi connectivity index (χ1) is 15.9. The predicted octanol–water partition coefficient (Wildman–Crippen LogP) is 3.52. The molecule has 7 nitrogen and oxygen atoms in total. The number of benzene rings is 1. The Balaban J connectivity index is 1.60. The Bertz CT molecular complexity index is 1240. The molecule has 1 atom stereocenters. The molecule has 1 aromatic carbocycles. The van der Waals surface area contributed by atoms with Crippen LogP contribution >= 0.6 is 23.1 Å². The van der Waals surface area contributed by atoms with Gasteiger partial charge in [-0.15, -0.1) is 17.9 Å². The van der Waals surface area contributed by atoms with E-state index in [1.807, 2.05) is 43.3 Å². The number of hydrogen-bond acceptors (Lipinski definition) is 6. The second kappa shape index (κ2) is 9.93. The van der Waals surface area contributed by atoms with Gasteiger partial charge in [0.25, 0.3) is 5.56 Å². The Labute approximate surface area is 200 Å². The maximum Gasteiger partial charge on any atom is 0.263 e. The molecule has 0 spiro atoms. The van der Waals surface area contributed by atoms with Gasteiger partial charge in [-0.3, -0.25) is 19.0 Å². The fraction of sp³-hybridized carbons (Fsp3) is 0.333. The zero-order chi connectivity index (χ0) is 23.5. The molecule has 172 valence electrons. The number of nitrogens with zero attached hydrogens (tertiary/aromatic N) is 3. The van der Waals surface area contributed by atoms with Crippen molar-refractivity contribution in [2.45, 2.75) is 36.7 Å². The summed E-state index contributed by atoms with van der Waals surface area (Å²) >= 11 is 2.75. The third kappa shape index (κ3) is 4.89. The highest BCUT2D eigenvalue weighted by atomic mass is 32.2. The minimum Gasteiger partial charge on any atom is -0.369 e. The Morgan fingerprint density at radius 3 is 2.64 bits per heavy atom. The number of carbonyl (C=O) groups is 2. The molecule has 0 saturated carbocycles. The molecular weight excluding hydrogens is 456 g/mol. The topological polar surface area (TPSA) is 98.3 Å². The van der Waals surface area contributed by atoms with Crippen LogP contribution in [0.2, 0.25) is 0 Å². The molecule has 1 saturated heterocycles. The molecule has 2 aromatic heterocycles. The van der Waals surface area contributed by atoms with Crippen LogP contribution in [0.4, 0.5) is 0 Å². The van der Waals surface area contributed by atoms with E-state index in [4.69, 9.17) is 10.7 Å². The normalized spacial score (nSPS) is 15.5. The molecule has 3 heterocycles. The van der Waals surface area contributed by atoms with Crippen molar-refractivity contribution in [3.8, 4) is 10.4 Å². The predicted molar refractivity (Wildman–Crippen MR) is 133 cm³/mol. The molecule has 0 radical (unpaired) electrons. The molecule has 1 unspecified atom stereocenters. The molecule has 2 N–H and O–H groups in total. The minimum absolute atomic E-state index is 0.0291. The number of nitrogens with two attached hydrogens (primary N) is 1. The number of rotatable bonds is 7. The van der Waals surface area contributed by atoms with E-state index < -0.39 is 5.25 Å². The third-order valence-corrected chi connectivity index (χ3v) is 7.98. The number of thiophene rings is 1. The fourth-order valence-corrected chi connectivity index (χ4v) is 6.05. The van der Waals surface area contributed by atoms with Crippen LogP contribution in [0.5, 0.6) is 0 Å². The summed E-state index contributed by atoms with van der Waals surface area (Å²) < 4.78 is 1.57. The molecule has 33 heavy (non-hydrogen) atoms. The SMILES string of the molecule is C=CCn1c(SC(C)C(=O)N2CCC(C(N)=O)CC2)nc2sc(-c3ccccc3)cc2c1=O. The molecule has 4 rings (SSSR count). The number of piperidine rings is 1. The Morgan fingerprint density at radius 2 is 2.00 bits per heavy atom. The van der Waals surface area contributed by atoms with E-state index in [9.17, 15) is 14.4 Å². The number of amides is 2. The fourth-order valence-electron chi connectivity index (χ4n) is 3.97. The number of fused-ring (bicyclic) bond motifs is 1. The smallest absolute Gasteiger partial charge is 0.263 e. The second-order valence-electron chi connectivity index (χ2n) is 8.06. The summed E-state index contributed by atoms with van der Waals surface area (Å²) in [6.07, 6.45) is 2.83. The van der Waals surface area contributed by atoms with Gasteiger partial charge < -0.3 is 10.6 Å². The zero-order valence-corrected chi connectivity index (χ0v) is 20.0. The van der Waals surface area contributed by atoms with Gasteiger partial charge >= 0.3 is 0 Å². The van der Waals surface area contributed by atoms with Crippen LogP contribution in [-0.4, -0.2) is 44.6 Å². The van der Waals surface area contributed by atoms with E-state index >= 15 is 0 Å². The van der Waals surface area contributed by atoms with Crippen LogP contribution in [0.25, 0.3) is 20.7 Å². The summed E-state index contributed by atoms with van der Waals surface area (Å²) in [5.74, 6) is -0.503. The number of thioether (sulfide) groups is 1. The first-order valence-corrected chi connectivity index (χ1v) is 12.5. The number of carbonyl (C=O) groups excluding carboxylic acids is 2. The summed E-state index contributed by atoms with van der Waals surface area (Å²) in [5.41, 5.74) is 6.30. The van der Waals surface area contributed by atoms with Crippen LogP contribution in [0.15, 0.2) is 59.0 Å². The van der Waals surface area contributed by atoms with E-state index in [-0.39, 0.29) is 23.3 Å². The van der Waals surface area contributed by atoms with Gasteiger partial charge in [0.1, 0.15) is 4.83 Å². The van der Waals surface area contributed by atoms with E-state index in [0.29, 0.717) is 47.8 Å². The largest absolute Gasteiger partial charge is 0.369 e. The summed E-state index contributed by atoms with van der Waals surface area (Å²) in [6.45, 7) is 6.93. The molecule has 9 heteroatoms. The second-order valence-corrected chi connectivity index (χ2v) is 10.4. The average Bonchev–Trinajstić information content (AvgIpc) is 3.26. The first kappa shape index (κ1) is 23.3. The van der Waals surface area contributed by atoms with Gasteiger partial charge in [0.15, 0.2) is 5.16 Å². The number of aromatic nitrogens is 2. The lowest BCUT2D eigenvalue weighted by molar-refractivity contribution is -0.134. The van der Waals surface area contributed by atoms with Crippen molar-refractivity contribution in [1.82, 2.24) is 14.5 Å². The van der Waals surface area contributed by atoms with E-state index in [0.717, 1.165) is 10.4 Å². The van der Waals surface area contributed by atoms with Gasteiger partial charge in [-0.1, -0.05) is 48.2 Å². The molecule has 1 aliphatic heterocycles. The number of allylic oxidation sites excluding steroid dienone is 1. The Hall–Kier alpha value is -2.91. The van der Waals surface area contributed by atoms with Crippen molar-refractivity contribution >= 4 is 45.1 Å². The van der Waals surface area contributed by atoms with Crippen LogP contribution in [0.1, 0.15) is 19.8 Å². The van der Waals surface area contributed by atoms with Crippen molar-refractivity contribution in [2.75, 3.05) is 13.1 Å². The molecule has 0 bridgehead atoms. The Kier molecular flexibility index (Phi) is 6.99. The Morgan fingerprint density at radius 1 is 1.30 bits per heavy atom. The lowest BCUT2D eigenvalue weighted by Crippen LogP contribution is -2.44. The van der Waals surface area contributed by atoms with Gasteiger partial charge in [-0.2, -0.15) is 0 Å².